The fourth-order valence-corrected chi connectivity index (χ4v) is 3.42. The Morgan fingerprint density at radius 1 is 1.08 bits per heavy atom. The van der Waals surface area contributed by atoms with E-state index in [1.165, 1.54) is 6.07 Å². The minimum Gasteiger partial charge on any atom is -0.314 e. The molecule has 4 rings (SSSR count). The van der Waals surface area contributed by atoms with E-state index in [0.29, 0.717) is 18.9 Å². The molecule has 0 spiro atoms. The van der Waals surface area contributed by atoms with E-state index in [-0.39, 0.29) is 11.2 Å². The van der Waals surface area contributed by atoms with Gasteiger partial charge in [-0.15, -0.1) is 10.2 Å². The minimum absolute atomic E-state index is 0.154. The standard InChI is InChI=1S/C21H23FN4/c1-21(2,18-9-5-6-13-23-18)20-25-24-19(16-10-11-16)26(20)14-12-15-7-3-4-8-17(15)22/h3-9,13,16H,10-12,14H2,1-2H3. The number of hydrogen-bond donors (Lipinski definition) is 0. The zero-order valence-corrected chi connectivity index (χ0v) is 15.2. The van der Waals surface area contributed by atoms with Crippen molar-refractivity contribution in [2.45, 2.75) is 51.0 Å². The van der Waals surface area contributed by atoms with Crippen LogP contribution in [0.4, 0.5) is 4.39 Å². The summed E-state index contributed by atoms with van der Waals surface area (Å²) in [6.07, 6.45) is 4.73. The first-order valence-electron chi connectivity index (χ1n) is 9.16. The van der Waals surface area contributed by atoms with Crippen LogP contribution in [0.15, 0.2) is 48.7 Å². The molecule has 2 heterocycles. The molecule has 4 nitrogen and oxygen atoms in total. The van der Waals surface area contributed by atoms with Gasteiger partial charge in [-0.25, -0.2) is 4.39 Å². The lowest BCUT2D eigenvalue weighted by Gasteiger charge is -2.24. The molecule has 1 saturated carbocycles. The van der Waals surface area contributed by atoms with E-state index in [9.17, 15) is 4.39 Å². The van der Waals surface area contributed by atoms with Gasteiger partial charge in [0.15, 0.2) is 0 Å². The van der Waals surface area contributed by atoms with Crippen LogP contribution >= 0.6 is 0 Å². The number of nitrogens with zero attached hydrogens (tertiary/aromatic N) is 4. The summed E-state index contributed by atoms with van der Waals surface area (Å²) in [6, 6.07) is 12.9. The van der Waals surface area contributed by atoms with Gasteiger partial charge >= 0.3 is 0 Å². The lowest BCUT2D eigenvalue weighted by atomic mass is 9.87. The molecule has 1 fully saturated rings. The zero-order valence-electron chi connectivity index (χ0n) is 15.2. The van der Waals surface area contributed by atoms with Crippen molar-refractivity contribution in [3.8, 4) is 0 Å². The van der Waals surface area contributed by atoms with E-state index >= 15 is 0 Å². The van der Waals surface area contributed by atoms with E-state index < -0.39 is 0 Å². The van der Waals surface area contributed by atoms with Gasteiger partial charge in [-0.2, -0.15) is 0 Å². The third kappa shape index (κ3) is 3.14. The van der Waals surface area contributed by atoms with Crippen molar-refractivity contribution in [2.24, 2.45) is 0 Å². The van der Waals surface area contributed by atoms with Gasteiger partial charge in [0.05, 0.1) is 11.1 Å². The first-order chi connectivity index (χ1) is 12.6. The molecule has 0 aliphatic heterocycles. The van der Waals surface area contributed by atoms with E-state index in [2.05, 4.69) is 33.6 Å². The fraction of sp³-hybridized carbons (Fsp3) is 0.381. The van der Waals surface area contributed by atoms with Gasteiger partial charge in [-0.3, -0.25) is 4.98 Å². The minimum atomic E-state index is -0.364. The van der Waals surface area contributed by atoms with E-state index in [1.807, 2.05) is 30.3 Å². The Morgan fingerprint density at radius 3 is 2.54 bits per heavy atom. The maximum Gasteiger partial charge on any atom is 0.144 e. The summed E-state index contributed by atoms with van der Waals surface area (Å²) < 4.78 is 16.2. The molecule has 0 N–H and O–H groups in total. The highest BCUT2D eigenvalue weighted by atomic mass is 19.1. The third-order valence-corrected chi connectivity index (χ3v) is 5.15. The lowest BCUT2D eigenvalue weighted by Crippen LogP contribution is -2.26. The van der Waals surface area contributed by atoms with Crippen molar-refractivity contribution < 1.29 is 4.39 Å². The Labute approximate surface area is 153 Å². The molecule has 134 valence electrons. The fourth-order valence-electron chi connectivity index (χ4n) is 3.42. The summed E-state index contributed by atoms with van der Waals surface area (Å²) in [5.41, 5.74) is 1.32. The van der Waals surface area contributed by atoms with Crippen molar-refractivity contribution in [3.05, 3.63) is 77.4 Å². The molecule has 2 aromatic heterocycles. The van der Waals surface area contributed by atoms with Crippen molar-refractivity contribution in [3.63, 3.8) is 0 Å². The van der Waals surface area contributed by atoms with Crippen LogP contribution in [0, 0.1) is 5.82 Å². The second-order valence-corrected chi connectivity index (χ2v) is 7.49. The molecule has 0 saturated heterocycles. The highest BCUT2D eigenvalue weighted by Gasteiger charge is 2.36. The smallest absolute Gasteiger partial charge is 0.144 e. The number of aryl methyl sites for hydroxylation is 1. The Bertz CT molecular complexity index is 897. The molecule has 0 bridgehead atoms. The maximum atomic E-state index is 14.0. The number of pyridine rings is 1. The van der Waals surface area contributed by atoms with Gasteiger partial charge in [0.1, 0.15) is 17.5 Å². The molecule has 0 amide bonds. The average molecular weight is 350 g/mol. The molecule has 0 atom stereocenters. The van der Waals surface area contributed by atoms with Crippen LogP contribution in [-0.2, 0) is 18.4 Å². The van der Waals surface area contributed by atoms with Crippen LogP contribution in [0.2, 0.25) is 0 Å². The summed E-state index contributed by atoms with van der Waals surface area (Å²) in [6.45, 7) is 4.91. The van der Waals surface area contributed by atoms with Crippen LogP contribution in [0.5, 0.6) is 0 Å². The van der Waals surface area contributed by atoms with Crippen LogP contribution in [0.1, 0.15) is 55.5 Å². The molecule has 3 aromatic rings. The first-order valence-corrected chi connectivity index (χ1v) is 9.16. The Kier molecular flexibility index (Phi) is 4.31. The summed E-state index contributed by atoms with van der Waals surface area (Å²) >= 11 is 0. The number of hydrogen-bond acceptors (Lipinski definition) is 3. The van der Waals surface area contributed by atoms with E-state index in [1.54, 1.807) is 12.3 Å². The number of benzene rings is 1. The van der Waals surface area contributed by atoms with Crippen LogP contribution in [0.3, 0.4) is 0 Å². The summed E-state index contributed by atoms with van der Waals surface area (Å²) in [7, 11) is 0. The van der Waals surface area contributed by atoms with E-state index in [0.717, 1.165) is 35.7 Å². The first kappa shape index (κ1) is 16.9. The molecule has 0 unspecified atom stereocenters. The van der Waals surface area contributed by atoms with Gasteiger partial charge in [-0.1, -0.05) is 24.3 Å². The molecule has 1 aromatic carbocycles. The highest BCUT2D eigenvalue weighted by Crippen LogP contribution is 2.41. The molecular formula is C21H23FN4. The second kappa shape index (κ2) is 6.63. The number of aromatic nitrogens is 4. The largest absolute Gasteiger partial charge is 0.314 e. The predicted molar refractivity (Wildman–Crippen MR) is 98.5 cm³/mol. The van der Waals surface area contributed by atoms with Crippen molar-refractivity contribution >= 4 is 0 Å². The van der Waals surface area contributed by atoms with Crippen LogP contribution < -0.4 is 0 Å². The Hall–Kier alpha value is -2.56. The highest BCUT2D eigenvalue weighted by molar-refractivity contribution is 5.27. The van der Waals surface area contributed by atoms with Gasteiger partial charge in [-0.05, 0) is 56.9 Å². The van der Waals surface area contributed by atoms with Gasteiger partial charge in [0, 0.05) is 18.7 Å². The monoisotopic (exact) mass is 350 g/mol. The average Bonchev–Trinajstić information content (AvgIpc) is 3.41. The zero-order chi connectivity index (χ0) is 18.1. The normalized spacial score (nSPS) is 14.6. The Balaban J connectivity index is 1.69. The summed E-state index contributed by atoms with van der Waals surface area (Å²) in [4.78, 5) is 4.53. The topological polar surface area (TPSA) is 43.6 Å². The van der Waals surface area contributed by atoms with Crippen LogP contribution in [0.25, 0.3) is 0 Å². The third-order valence-electron chi connectivity index (χ3n) is 5.15. The van der Waals surface area contributed by atoms with Crippen LogP contribution in [-0.4, -0.2) is 19.7 Å². The number of rotatable bonds is 6. The van der Waals surface area contributed by atoms with Gasteiger partial charge in [0.25, 0.3) is 0 Å². The predicted octanol–water partition coefficient (Wildman–Crippen LogP) is 4.26. The van der Waals surface area contributed by atoms with E-state index in [4.69, 9.17) is 0 Å². The summed E-state index contributed by atoms with van der Waals surface area (Å²) in [5, 5.41) is 9.04. The molecule has 1 aliphatic rings. The molecule has 1 aliphatic carbocycles. The second-order valence-electron chi connectivity index (χ2n) is 7.49. The van der Waals surface area contributed by atoms with Crippen molar-refractivity contribution in [1.29, 1.82) is 0 Å². The summed E-state index contributed by atoms with van der Waals surface area (Å²) in [5.74, 6) is 2.25. The van der Waals surface area contributed by atoms with Crippen molar-refractivity contribution in [1.82, 2.24) is 19.7 Å². The van der Waals surface area contributed by atoms with Gasteiger partial charge < -0.3 is 4.57 Å². The van der Waals surface area contributed by atoms with Gasteiger partial charge in [0.2, 0.25) is 0 Å². The maximum absolute atomic E-state index is 14.0. The molecule has 26 heavy (non-hydrogen) atoms. The Morgan fingerprint density at radius 2 is 1.85 bits per heavy atom. The number of halogens is 1. The quantitative estimate of drug-likeness (QED) is 0.667. The molecular weight excluding hydrogens is 327 g/mol. The molecule has 0 radical (unpaired) electrons. The SMILES string of the molecule is CC(C)(c1ccccn1)c1nnc(C2CC2)n1CCc1ccccc1F. The lowest BCUT2D eigenvalue weighted by molar-refractivity contribution is 0.504. The van der Waals surface area contributed by atoms with Crippen molar-refractivity contribution in [2.75, 3.05) is 0 Å². The molecule has 5 heteroatoms.